The van der Waals surface area contributed by atoms with Gasteiger partial charge in [0.15, 0.2) is 12.4 Å². The highest BCUT2D eigenvalue weighted by Gasteiger charge is 2.24. The predicted octanol–water partition coefficient (Wildman–Crippen LogP) is 1.95. The van der Waals surface area contributed by atoms with Gasteiger partial charge < -0.3 is 19.6 Å². The van der Waals surface area contributed by atoms with Gasteiger partial charge in [-0.2, -0.15) is 4.98 Å². The fourth-order valence-electron chi connectivity index (χ4n) is 2.74. The second-order valence-corrected chi connectivity index (χ2v) is 8.19. The summed E-state index contributed by atoms with van der Waals surface area (Å²) in [4.78, 5) is 32.4. The molecule has 2 aromatic heterocycles. The average Bonchev–Trinajstić information content (AvgIpc) is 3.02. The van der Waals surface area contributed by atoms with Crippen LogP contribution in [0, 0.1) is 6.92 Å². The van der Waals surface area contributed by atoms with Crippen LogP contribution in [0.3, 0.4) is 0 Å². The van der Waals surface area contributed by atoms with Crippen molar-refractivity contribution in [1.82, 2.24) is 9.97 Å². The van der Waals surface area contributed by atoms with E-state index in [2.05, 4.69) is 9.97 Å². The first kappa shape index (κ1) is 22.5. The number of furan rings is 1. The maximum absolute atomic E-state index is 12.4. The topological polar surface area (TPSA) is 178 Å². The Kier molecular flexibility index (Phi) is 6.15. The van der Waals surface area contributed by atoms with Crippen molar-refractivity contribution in [3.63, 3.8) is 0 Å². The van der Waals surface area contributed by atoms with Crippen molar-refractivity contribution >= 4 is 50.5 Å². The Balaban J connectivity index is 1.87. The molecule has 0 unspecified atom stereocenters. The lowest BCUT2D eigenvalue weighted by Crippen LogP contribution is -2.14. The normalized spacial score (nSPS) is 11.5. The van der Waals surface area contributed by atoms with Crippen LogP contribution in [0.1, 0.15) is 39.2 Å². The molecule has 0 spiro atoms. The minimum Gasteiger partial charge on any atom is -0.462 e. The number of esters is 2. The average molecular weight is 469 g/mol. The predicted molar refractivity (Wildman–Crippen MR) is 109 cm³/mol. The SMILES string of the molecule is CCOC(=O)c1c(C)oc2nc(COC(=O)c3cc(S(N)(=O)=O)ccc3Cl)nc(N)c12. The lowest BCUT2D eigenvalue weighted by molar-refractivity contribution is 0.0461. The number of halogens is 1. The van der Waals surface area contributed by atoms with E-state index in [0.29, 0.717) is 0 Å². The summed E-state index contributed by atoms with van der Waals surface area (Å²) in [5, 5.41) is 5.22. The number of rotatable bonds is 6. The van der Waals surface area contributed by atoms with Crippen LogP contribution in [-0.2, 0) is 26.1 Å². The van der Waals surface area contributed by atoms with Crippen molar-refractivity contribution in [3.8, 4) is 0 Å². The molecular weight excluding hydrogens is 452 g/mol. The Morgan fingerprint density at radius 1 is 1.19 bits per heavy atom. The Morgan fingerprint density at radius 2 is 1.90 bits per heavy atom. The highest BCUT2D eigenvalue weighted by molar-refractivity contribution is 7.89. The van der Waals surface area contributed by atoms with Gasteiger partial charge in [0.05, 0.1) is 27.5 Å². The number of nitrogen functional groups attached to an aromatic ring is 1. The third-order valence-electron chi connectivity index (χ3n) is 4.10. The number of aromatic nitrogens is 2. The summed E-state index contributed by atoms with van der Waals surface area (Å²) in [6.45, 7) is 2.94. The molecule has 13 heteroatoms. The van der Waals surface area contributed by atoms with Gasteiger partial charge in [0.1, 0.15) is 17.1 Å². The van der Waals surface area contributed by atoms with E-state index in [9.17, 15) is 18.0 Å². The van der Waals surface area contributed by atoms with Crippen molar-refractivity contribution in [1.29, 1.82) is 0 Å². The van der Waals surface area contributed by atoms with E-state index in [4.69, 9.17) is 36.4 Å². The number of fused-ring (bicyclic) bond motifs is 1. The van der Waals surface area contributed by atoms with E-state index in [1.165, 1.54) is 6.07 Å². The molecule has 0 saturated carbocycles. The number of carbonyl (C=O) groups excluding carboxylic acids is 2. The number of hydrogen-bond acceptors (Lipinski definition) is 10. The Bertz CT molecular complexity index is 1300. The summed E-state index contributed by atoms with van der Waals surface area (Å²) in [7, 11) is -4.04. The van der Waals surface area contributed by atoms with E-state index >= 15 is 0 Å². The van der Waals surface area contributed by atoms with Crippen LogP contribution in [0.2, 0.25) is 5.02 Å². The van der Waals surface area contributed by atoms with Crippen molar-refractivity contribution in [2.45, 2.75) is 25.3 Å². The maximum Gasteiger partial charge on any atom is 0.342 e. The highest BCUT2D eigenvalue weighted by Crippen LogP contribution is 2.29. The van der Waals surface area contributed by atoms with Gasteiger partial charge in [-0.05, 0) is 32.0 Å². The molecule has 0 bridgehead atoms. The summed E-state index contributed by atoms with van der Waals surface area (Å²) in [5.41, 5.74) is 5.88. The van der Waals surface area contributed by atoms with Crippen molar-refractivity contribution in [2.75, 3.05) is 12.3 Å². The number of anilines is 1. The summed E-state index contributed by atoms with van der Waals surface area (Å²) >= 11 is 5.96. The molecule has 0 aliphatic rings. The Hall–Kier alpha value is -3.22. The number of carbonyl (C=O) groups is 2. The quantitative estimate of drug-likeness (QED) is 0.507. The number of ether oxygens (including phenoxy) is 2. The highest BCUT2D eigenvalue weighted by atomic mass is 35.5. The Morgan fingerprint density at radius 3 is 2.55 bits per heavy atom. The molecule has 0 aliphatic carbocycles. The van der Waals surface area contributed by atoms with E-state index in [0.717, 1.165) is 12.1 Å². The zero-order valence-corrected chi connectivity index (χ0v) is 17.9. The summed E-state index contributed by atoms with van der Waals surface area (Å²) in [5.74, 6) is -1.39. The first-order valence-corrected chi connectivity index (χ1v) is 10.7. The zero-order valence-electron chi connectivity index (χ0n) is 16.3. The van der Waals surface area contributed by atoms with E-state index in [-0.39, 0.29) is 56.2 Å². The van der Waals surface area contributed by atoms with Gasteiger partial charge in [-0.15, -0.1) is 0 Å². The molecule has 1 aromatic carbocycles. The molecule has 0 aliphatic heterocycles. The molecule has 164 valence electrons. The standard InChI is InChI=1S/C18H17ClN4O7S/c1-3-28-18(25)13-8(2)30-16-14(13)15(20)22-12(23-16)7-29-17(24)10-6-9(31(21,26)27)4-5-11(10)19/h4-6H,3,7H2,1-2H3,(H2,20,22,23)(H2,21,26,27). The molecular formula is C18H17ClN4O7S. The fourth-order valence-corrected chi connectivity index (χ4v) is 3.48. The van der Waals surface area contributed by atoms with E-state index in [1.54, 1.807) is 13.8 Å². The summed E-state index contributed by atoms with van der Waals surface area (Å²) < 4.78 is 38.6. The van der Waals surface area contributed by atoms with Gasteiger partial charge in [0.25, 0.3) is 0 Å². The number of sulfonamides is 1. The lowest BCUT2D eigenvalue weighted by atomic mass is 10.2. The molecule has 0 radical (unpaired) electrons. The number of nitrogens with zero attached hydrogens (tertiary/aromatic N) is 2. The first-order chi connectivity index (χ1) is 14.5. The molecule has 0 saturated heterocycles. The smallest absolute Gasteiger partial charge is 0.342 e. The van der Waals surface area contributed by atoms with Crippen LogP contribution < -0.4 is 10.9 Å². The first-order valence-electron chi connectivity index (χ1n) is 8.75. The third-order valence-corrected chi connectivity index (χ3v) is 5.34. The number of benzene rings is 1. The van der Waals surface area contributed by atoms with Gasteiger partial charge in [0.2, 0.25) is 15.7 Å². The molecule has 31 heavy (non-hydrogen) atoms. The van der Waals surface area contributed by atoms with Gasteiger partial charge >= 0.3 is 11.9 Å². The van der Waals surface area contributed by atoms with E-state index in [1.807, 2.05) is 0 Å². The number of primary sulfonamides is 1. The largest absolute Gasteiger partial charge is 0.462 e. The van der Waals surface area contributed by atoms with Crippen molar-refractivity contribution in [3.05, 3.63) is 45.9 Å². The maximum atomic E-state index is 12.4. The van der Waals surface area contributed by atoms with Gasteiger partial charge in [-0.25, -0.2) is 28.1 Å². The second-order valence-electron chi connectivity index (χ2n) is 6.22. The van der Waals surface area contributed by atoms with Gasteiger partial charge in [-0.1, -0.05) is 11.6 Å². The molecule has 2 heterocycles. The summed E-state index contributed by atoms with van der Waals surface area (Å²) in [6.07, 6.45) is 0. The lowest BCUT2D eigenvalue weighted by Gasteiger charge is -2.08. The molecule has 0 amide bonds. The van der Waals surface area contributed by atoms with Gasteiger partial charge in [0, 0.05) is 0 Å². The van der Waals surface area contributed by atoms with Crippen LogP contribution in [0.5, 0.6) is 0 Å². The monoisotopic (exact) mass is 468 g/mol. The molecule has 4 N–H and O–H groups in total. The van der Waals surface area contributed by atoms with Crippen LogP contribution in [0.25, 0.3) is 11.1 Å². The van der Waals surface area contributed by atoms with Crippen LogP contribution >= 0.6 is 11.6 Å². The van der Waals surface area contributed by atoms with Crippen LogP contribution in [0.4, 0.5) is 5.82 Å². The van der Waals surface area contributed by atoms with Crippen molar-refractivity contribution < 1.29 is 31.9 Å². The fraction of sp³-hybridized carbons (Fsp3) is 0.222. The molecule has 3 rings (SSSR count). The number of aryl methyl sites for hydroxylation is 1. The van der Waals surface area contributed by atoms with Crippen LogP contribution in [0.15, 0.2) is 27.5 Å². The van der Waals surface area contributed by atoms with E-state index < -0.39 is 28.6 Å². The Labute approximate surface area is 181 Å². The number of hydrogen-bond donors (Lipinski definition) is 2. The molecule has 0 atom stereocenters. The minimum absolute atomic E-state index is 0.0127. The van der Waals surface area contributed by atoms with Crippen LogP contribution in [-0.4, -0.2) is 36.9 Å². The molecule has 3 aromatic rings. The molecule has 0 fully saturated rings. The number of nitrogens with two attached hydrogens (primary N) is 2. The zero-order chi connectivity index (χ0) is 22.9. The van der Waals surface area contributed by atoms with Crippen molar-refractivity contribution in [2.24, 2.45) is 5.14 Å². The summed E-state index contributed by atoms with van der Waals surface area (Å²) in [6, 6.07) is 3.37. The second kappa shape index (κ2) is 8.49. The third kappa shape index (κ3) is 4.60. The minimum atomic E-state index is -4.04. The van der Waals surface area contributed by atoms with Gasteiger partial charge in [-0.3, -0.25) is 0 Å². The molecule has 11 nitrogen and oxygen atoms in total.